The van der Waals surface area contributed by atoms with E-state index in [0.29, 0.717) is 0 Å². The van der Waals surface area contributed by atoms with Gasteiger partial charge in [0.05, 0.1) is 0 Å². The van der Waals surface area contributed by atoms with Gasteiger partial charge in [-0.3, -0.25) is 0 Å². The molecule has 3 aliphatic rings. The summed E-state index contributed by atoms with van der Waals surface area (Å²) in [5.74, 6) is 0. The fourth-order valence-corrected chi connectivity index (χ4v) is 4.51. The van der Waals surface area contributed by atoms with E-state index in [2.05, 4.69) is 5.32 Å². The van der Waals surface area contributed by atoms with E-state index in [1.165, 1.54) is 58.0 Å². The van der Waals surface area contributed by atoms with Gasteiger partial charge in [-0.1, -0.05) is 25.7 Å². The predicted molar refractivity (Wildman–Crippen MR) is 68.5 cm³/mol. The largest absolute Gasteiger partial charge is 0.316 e. The molecule has 0 aromatic rings. The molecular weight excluding hydrogens is 194 g/mol. The normalized spacial score (nSPS) is 33.0. The van der Waals surface area contributed by atoms with Crippen LogP contribution >= 0.6 is 0 Å². The lowest BCUT2D eigenvalue weighted by atomic mass is 9.61. The SMILES string of the molecule is C1CCCC2(CC1)CCC1(CCNC1)CC2. The summed E-state index contributed by atoms with van der Waals surface area (Å²) in [7, 11) is 0. The lowest BCUT2D eigenvalue weighted by Gasteiger charge is -2.44. The highest BCUT2D eigenvalue weighted by atomic mass is 14.9. The van der Waals surface area contributed by atoms with E-state index in [0.717, 1.165) is 10.8 Å². The minimum atomic E-state index is 0.734. The van der Waals surface area contributed by atoms with Crippen LogP contribution in [0.3, 0.4) is 0 Å². The van der Waals surface area contributed by atoms with Gasteiger partial charge in [-0.2, -0.15) is 0 Å². The Bertz CT molecular complexity index is 220. The lowest BCUT2D eigenvalue weighted by Crippen LogP contribution is -2.35. The van der Waals surface area contributed by atoms with Crippen LogP contribution in [0, 0.1) is 10.8 Å². The molecule has 2 aliphatic carbocycles. The maximum atomic E-state index is 3.59. The van der Waals surface area contributed by atoms with Gasteiger partial charge >= 0.3 is 0 Å². The Morgan fingerprint density at radius 3 is 1.75 bits per heavy atom. The molecule has 1 N–H and O–H groups in total. The molecule has 1 saturated heterocycles. The van der Waals surface area contributed by atoms with Gasteiger partial charge in [-0.15, -0.1) is 0 Å². The predicted octanol–water partition coefficient (Wildman–Crippen LogP) is 3.88. The maximum absolute atomic E-state index is 3.59. The van der Waals surface area contributed by atoms with Crippen LogP contribution in [0.15, 0.2) is 0 Å². The Hall–Kier alpha value is -0.0400. The summed E-state index contributed by atoms with van der Waals surface area (Å²) >= 11 is 0. The number of hydrogen-bond acceptors (Lipinski definition) is 1. The summed E-state index contributed by atoms with van der Waals surface area (Å²) < 4.78 is 0. The van der Waals surface area contributed by atoms with Crippen molar-refractivity contribution in [2.45, 2.75) is 70.6 Å². The lowest BCUT2D eigenvalue weighted by molar-refractivity contribution is 0.0754. The quantitative estimate of drug-likeness (QED) is 0.654. The zero-order valence-corrected chi connectivity index (χ0v) is 10.7. The average Bonchev–Trinajstić information content (AvgIpc) is 2.65. The van der Waals surface area contributed by atoms with Crippen molar-refractivity contribution in [2.24, 2.45) is 10.8 Å². The Morgan fingerprint density at radius 1 is 0.562 bits per heavy atom. The van der Waals surface area contributed by atoms with Crippen molar-refractivity contribution >= 4 is 0 Å². The average molecular weight is 221 g/mol. The molecule has 1 heterocycles. The third kappa shape index (κ3) is 2.03. The minimum Gasteiger partial charge on any atom is -0.316 e. The van der Waals surface area contributed by atoms with Crippen molar-refractivity contribution in [2.75, 3.05) is 13.1 Å². The number of nitrogens with one attached hydrogen (secondary N) is 1. The van der Waals surface area contributed by atoms with E-state index in [-0.39, 0.29) is 0 Å². The first kappa shape index (κ1) is 11.1. The third-order valence-corrected chi connectivity index (χ3v) is 5.87. The van der Waals surface area contributed by atoms with Crippen LogP contribution in [0.2, 0.25) is 0 Å². The van der Waals surface area contributed by atoms with Crippen molar-refractivity contribution in [1.29, 1.82) is 0 Å². The molecule has 3 fully saturated rings. The summed E-state index contributed by atoms with van der Waals surface area (Å²) in [5, 5.41) is 3.59. The van der Waals surface area contributed by atoms with E-state index in [9.17, 15) is 0 Å². The maximum Gasteiger partial charge on any atom is 0.000829 e. The van der Waals surface area contributed by atoms with Crippen molar-refractivity contribution < 1.29 is 0 Å². The molecule has 16 heavy (non-hydrogen) atoms. The first-order chi connectivity index (χ1) is 7.83. The fraction of sp³-hybridized carbons (Fsp3) is 1.00. The molecule has 0 amide bonds. The highest BCUT2D eigenvalue weighted by Crippen LogP contribution is 2.53. The van der Waals surface area contributed by atoms with Gasteiger partial charge in [0.1, 0.15) is 0 Å². The van der Waals surface area contributed by atoms with Gasteiger partial charge in [-0.05, 0) is 62.3 Å². The molecule has 0 aromatic heterocycles. The van der Waals surface area contributed by atoms with Crippen molar-refractivity contribution in [3.8, 4) is 0 Å². The van der Waals surface area contributed by atoms with Crippen molar-refractivity contribution in [3.05, 3.63) is 0 Å². The molecule has 0 aromatic carbocycles. The molecule has 1 heteroatoms. The number of hydrogen-bond donors (Lipinski definition) is 1. The van der Waals surface area contributed by atoms with Crippen LogP contribution in [0.5, 0.6) is 0 Å². The van der Waals surface area contributed by atoms with Crippen LogP contribution in [0.25, 0.3) is 0 Å². The molecular formula is C15H27N. The topological polar surface area (TPSA) is 12.0 Å². The highest BCUT2D eigenvalue weighted by molar-refractivity contribution is 4.97. The highest BCUT2D eigenvalue weighted by Gasteiger charge is 2.43. The smallest absolute Gasteiger partial charge is 0.000829 e. The molecule has 0 bridgehead atoms. The fourth-order valence-electron chi connectivity index (χ4n) is 4.51. The third-order valence-electron chi connectivity index (χ3n) is 5.87. The summed E-state index contributed by atoms with van der Waals surface area (Å²) in [6.07, 6.45) is 16.8. The first-order valence-corrected chi connectivity index (χ1v) is 7.54. The molecule has 0 radical (unpaired) electrons. The molecule has 3 rings (SSSR count). The van der Waals surface area contributed by atoms with Gasteiger partial charge in [0.2, 0.25) is 0 Å². The van der Waals surface area contributed by atoms with Gasteiger partial charge in [0.25, 0.3) is 0 Å². The van der Waals surface area contributed by atoms with Crippen LogP contribution in [-0.4, -0.2) is 13.1 Å². The zero-order valence-electron chi connectivity index (χ0n) is 10.7. The van der Waals surface area contributed by atoms with E-state index in [1.807, 2.05) is 0 Å². The molecule has 0 unspecified atom stereocenters. The molecule has 2 saturated carbocycles. The molecule has 92 valence electrons. The Morgan fingerprint density at radius 2 is 1.19 bits per heavy atom. The van der Waals surface area contributed by atoms with Crippen LogP contribution in [0.1, 0.15) is 70.6 Å². The zero-order chi connectivity index (χ0) is 10.9. The Kier molecular flexibility index (Phi) is 2.99. The van der Waals surface area contributed by atoms with Gasteiger partial charge in [0, 0.05) is 6.54 Å². The number of rotatable bonds is 0. The molecule has 1 aliphatic heterocycles. The summed E-state index contributed by atoms with van der Waals surface area (Å²) in [6, 6.07) is 0. The summed E-state index contributed by atoms with van der Waals surface area (Å²) in [4.78, 5) is 0. The van der Waals surface area contributed by atoms with Crippen LogP contribution < -0.4 is 5.32 Å². The second-order valence-corrected chi connectivity index (χ2v) is 6.84. The Balaban J connectivity index is 1.63. The van der Waals surface area contributed by atoms with Gasteiger partial charge < -0.3 is 5.32 Å². The second kappa shape index (κ2) is 4.33. The summed E-state index contributed by atoms with van der Waals surface area (Å²) in [5.41, 5.74) is 1.53. The van der Waals surface area contributed by atoms with Gasteiger partial charge in [0.15, 0.2) is 0 Å². The van der Waals surface area contributed by atoms with E-state index < -0.39 is 0 Å². The molecule has 0 atom stereocenters. The minimum absolute atomic E-state index is 0.734. The van der Waals surface area contributed by atoms with E-state index in [1.54, 1.807) is 25.7 Å². The van der Waals surface area contributed by atoms with Crippen molar-refractivity contribution in [3.63, 3.8) is 0 Å². The Labute approximate surface area is 100 Å². The standard InChI is InChI=1S/C15H27N/c1-2-4-6-14(5-3-1)7-9-15(10-8-14)11-12-16-13-15/h16H,1-13H2. The second-order valence-electron chi connectivity index (χ2n) is 6.84. The monoisotopic (exact) mass is 221 g/mol. The van der Waals surface area contributed by atoms with Crippen LogP contribution in [-0.2, 0) is 0 Å². The molecule has 2 spiro atoms. The first-order valence-electron chi connectivity index (χ1n) is 7.54. The van der Waals surface area contributed by atoms with E-state index in [4.69, 9.17) is 0 Å². The van der Waals surface area contributed by atoms with E-state index >= 15 is 0 Å². The van der Waals surface area contributed by atoms with Gasteiger partial charge in [-0.25, -0.2) is 0 Å². The van der Waals surface area contributed by atoms with Crippen LogP contribution in [0.4, 0.5) is 0 Å². The molecule has 1 nitrogen and oxygen atoms in total. The summed E-state index contributed by atoms with van der Waals surface area (Å²) in [6.45, 7) is 2.61. The van der Waals surface area contributed by atoms with Crippen molar-refractivity contribution in [1.82, 2.24) is 5.32 Å².